The molecule has 3 aromatic rings. The Balaban J connectivity index is 2.14. The number of carboxylic acid groups (broad SMARTS) is 1. The topological polar surface area (TPSA) is 152 Å². The molecule has 8 heteroatoms. The number of aromatic hydroxyl groups is 4. The van der Waals surface area contributed by atoms with E-state index in [9.17, 15) is 39.9 Å². The highest BCUT2D eigenvalue weighted by atomic mass is 16.4. The minimum absolute atomic E-state index is 0.00295. The fourth-order valence-electron chi connectivity index (χ4n) is 3.71. The van der Waals surface area contributed by atoms with E-state index in [4.69, 9.17) is 0 Å². The first-order valence-corrected chi connectivity index (χ1v) is 8.04. The van der Waals surface area contributed by atoms with Crippen LogP contribution in [0.2, 0.25) is 0 Å². The van der Waals surface area contributed by atoms with Crippen LogP contribution in [0.3, 0.4) is 0 Å². The molecule has 140 valence electrons. The van der Waals surface area contributed by atoms with Crippen LogP contribution in [0.5, 0.6) is 23.0 Å². The van der Waals surface area contributed by atoms with Crippen molar-refractivity contribution in [1.82, 2.24) is 0 Å². The summed E-state index contributed by atoms with van der Waals surface area (Å²) in [6, 6.07) is 4.28. The summed E-state index contributed by atoms with van der Waals surface area (Å²) in [6.07, 6.45) is 0. The van der Waals surface area contributed by atoms with Gasteiger partial charge in [0.2, 0.25) is 5.78 Å². The molecule has 0 saturated heterocycles. The highest BCUT2D eigenvalue weighted by Crippen LogP contribution is 2.44. The van der Waals surface area contributed by atoms with Gasteiger partial charge in [-0.15, -0.1) is 0 Å². The molecule has 0 aromatic heterocycles. The molecule has 0 spiro atoms. The number of carboxylic acids is 1. The number of ketones is 2. The summed E-state index contributed by atoms with van der Waals surface area (Å²) in [5, 5.41) is 49.9. The van der Waals surface area contributed by atoms with Gasteiger partial charge in [-0.2, -0.15) is 0 Å². The predicted octanol–water partition coefficient (Wildman–Crippen LogP) is 2.44. The molecule has 28 heavy (non-hydrogen) atoms. The minimum Gasteiger partial charge on any atom is -0.508 e. The molecule has 1 aliphatic rings. The van der Waals surface area contributed by atoms with Gasteiger partial charge < -0.3 is 25.5 Å². The van der Waals surface area contributed by atoms with Crippen molar-refractivity contribution in [3.05, 3.63) is 57.6 Å². The first-order chi connectivity index (χ1) is 13.1. The van der Waals surface area contributed by atoms with Crippen LogP contribution in [0.25, 0.3) is 10.8 Å². The van der Waals surface area contributed by atoms with Gasteiger partial charge in [-0.3, -0.25) is 9.59 Å². The van der Waals surface area contributed by atoms with E-state index >= 15 is 0 Å². The summed E-state index contributed by atoms with van der Waals surface area (Å²) in [7, 11) is 0. The lowest BCUT2D eigenvalue weighted by atomic mass is 9.80. The van der Waals surface area contributed by atoms with E-state index in [0.717, 1.165) is 18.2 Å². The van der Waals surface area contributed by atoms with E-state index in [0.29, 0.717) is 0 Å². The molecule has 0 unspecified atom stereocenters. The maximum Gasteiger partial charge on any atom is 0.339 e. The number of phenols is 4. The Labute approximate surface area is 156 Å². The Kier molecular flexibility index (Phi) is 3.38. The fourth-order valence-corrected chi connectivity index (χ4v) is 3.71. The molecule has 0 aliphatic heterocycles. The molecule has 0 radical (unpaired) electrons. The van der Waals surface area contributed by atoms with Crippen molar-refractivity contribution in [2.45, 2.75) is 6.92 Å². The number of carbonyl (C=O) groups excluding carboxylic acids is 2. The van der Waals surface area contributed by atoms with Gasteiger partial charge in [0.15, 0.2) is 5.78 Å². The smallest absolute Gasteiger partial charge is 0.339 e. The maximum atomic E-state index is 12.9. The van der Waals surface area contributed by atoms with Gasteiger partial charge in [-0.05, 0) is 36.1 Å². The van der Waals surface area contributed by atoms with E-state index in [1.165, 1.54) is 13.0 Å². The number of hydrogen-bond acceptors (Lipinski definition) is 7. The first-order valence-electron chi connectivity index (χ1n) is 8.04. The van der Waals surface area contributed by atoms with Gasteiger partial charge in [0, 0.05) is 22.6 Å². The van der Waals surface area contributed by atoms with Crippen molar-refractivity contribution in [3.63, 3.8) is 0 Å². The third-order valence-electron chi connectivity index (χ3n) is 4.89. The van der Waals surface area contributed by atoms with Gasteiger partial charge in [-0.1, -0.05) is 0 Å². The molecule has 0 saturated carbocycles. The Bertz CT molecular complexity index is 1270. The molecule has 1 aliphatic carbocycles. The summed E-state index contributed by atoms with van der Waals surface area (Å²) in [4.78, 5) is 37.2. The SMILES string of the molecule is Cc1c(C(=O)O)c(O)cc2cc3c(c(O)c12)C(=O)c1c(O)cc(O)cc1C3=O. The molecular weight excluding hydrogens is 368 g/mol. The second-order valence-corrected chi connectivity index (χ2v) is 6.49. The average Bonchev–Trinajstić information content (AvgIpc) is 2.57. The molecule has 4 rings (SSSR count). The lowest BCUT2D eigenvalue weighted by Gasteiger charge is -2.21. The van der Waals surface area contributed by atoms with Crippen LogP contribution in [0.1, 0.15) is 47.8 Å². The first kappa shape index (κ1) is 17.3. The summed E-state index contributed by atoms with van der Waals surface area (Å²) < 4.78 is 0. The van der Waals surface area contributed by atoms with Crippen LogP contribution in [0.4, 0.5) is 0 Å². The van der Waals surface area contributed by atoms with Crippen LogP contribution >= 0.6 is 0 Å². The number of hydrogen-bond donors (Lipinski definition) is 5. The second-order valence-electron chi connectivity index (χ2n) is 6.49. The number of carbonyl (C=O) groups is 3. The third-order valence-corrected chi connectivity index (χ3v) is 4.89. The molecular formula is C20H12O8. The molecule has 3 aromatic carbocycles. The molecule has 5 N–H and O–H groups in total. The zero-order valence-corrected chi connectivity index (χ0v) is 14.3. The monoisotopic (exact) mass is 380 g/mol. The van der Waals surface area contributed by atoms with Crippen molar-refractivity contribution in [2.24, 2.45) is 0 Å². The number of fused-ring (bicyclic) bond motifs is 3. The lowest BCUT2D eigenvalue weighted by Crippen LogP contribution is -2.21. The molecule has 0 amide bonds. The zero-order valence-electron chi connectivity index (χ0n) is 14.3. The summed E-state index contributed by atoms with van der Waals surface area (Å²) in [5.41, 5.74) is -1.57. The lowest BCUT2D eigenvalue weighted by molar-refractivity contribution is 0.0692. The zero-order chi connectivity index (χ0) is 20.5. The predicted molar refractivity (Wildman–Crippen MR) is 95.6 cm³/mol. The largest absolute Gasteiger partial charge is 0.508 e. The highest BCUT2D eigenvalue weighted by molar-refractivity contribution is 6.32. The van der Waals surface area contributed by atoms with Crippen LogP contribution in [-0.4, -0.2) is 43.1 Å². The summed E-state index contributed by atoms with van der Waals surface area (Å²) >= 11 is 0. The van der Waals surface area contributed by atoms with Crippen LogP contribution in [-0.2, 0) is 0 Å². The minimum atomic E-state index is -1.42. The van der Waals surface area contributed by atoms with Crippen LogP contribution in [0, 0.1) is 6.92 Å². The Morgan fingerprint density at radius 1 is 0.821 bits per heavy atom. The standard InChI is InChI=1S/C20H12O8/c1-6-13-7(3-11(22)14(6)20(27)28)2-9-16(18(13)25)19(26)15-10(17(9)24)4-8(21)5-12(15)23/h2-5,21-23,25H,1H3,(H,27,28). The quantitative estimate of drug-likeness (QED) is 0.338. The Hall–Kier alpha value is -4.07. The van der Waals surface area contributed by atoms with Crippen molar-refractivity contribution >= 4 is 28.3 Å². The Morgan fingerprint density at radius 2 is 1.46 bits per heavy atom. The Morgan fingerprint density at radius 3 is 2.11 bits per heavy atom. The number of benzene rings is 3. The summed E-state index contributed by atoms with van der Waals surface area (Å²) in [6.45, 7) is 1.36. The van der Waals surface area contributed by atoms with E-state index in [-0.39, 0.29) is 38.6 Å². The molecule has 8 nitrogen and oxygen atoms in total. The molecule has 0 heterocycles. The maximum absolute atomic E-state index is 12.9. The molecule has 0 atom stereocenters. The molecule has 0 bridgehead atoms. The number of aromatic carboxylic acids is 1. The van der Waals surface area contributed by atoms with Gasteiger partial charge in [-0.25, -0.2) is 4.79 Å². The number of rotatable bonds is 1. The molecule has 0 fully saturated rings. The average molecular weight is 380 g/mol. The van der Waals surface area contributed by atoms with Gasteiger partial charge in [0.05, 0.1) is 11.1 Å². The van der Waals surface area contributed by atoms with Gasteiger partial charge in [0.25, 0.3) is 0 Å². The summed E-state index contributed by atoms with van der Waals surface area (Å²) in [5.74, 6) is -5.18. The van der Waals surface area contributed by atoms with E-state index in [2.05, 4.69) is 0 Å². The van der Waals surface area contributed by atoms with Crippen molar-refractivity contribution < 1.29 is 39.9 Å². The second kappa shape index (κ2) is 5.46. The van der Waals surface area contributed by atoms with E-state index < -0.39 is 46.1 Å². The fraction of sp³-hybridized carbons (Fsp3) is 0.0500. The normalized spacial score (nSPS) is 12.8. The van der Waals surface area contributed by atoms with Crippen LogP contribution < -0.4 is 0 Å². The van der Waals surface area contributed by atoms with E-state index in [1.807, 2.05) is 0 Å². The van der Waals surface area contributed by atoms with E-state index in [1.54, 1.807) is 0 Å². The van der Waals surface area contributed by atoms with Crippen molar-refractivity contribution in [1.29, 1.82) is 0 Å². The van der Waals surface area contributed by atoms with Crippen molar-refractivity contribution in [3.8, 4) is 23.0 Å². The van der Waals surface area contributed by atoms with Crippen LogP contribution in [0.15, 0.2) is 24.3 Å². The number of phenolic OH excluding ortho intramolecular Hbond substituents is 3. The van der Waals surface area contributed by atoms with Gasteiger partial charge in [0.1, 0.15) is 28.6 Å². The highest BCUT2D eigenvalue weighted by Gasteiger charge is 2.36. The third kappa shape index (κ3) is 2.08. The van der Waals surface area contributed by atoms with Crippen molar-refractivity contribution in [2.75, 3.05) is 0 Å². The number of aryl methyl sites for hydroxylation is 1. The van der Waals surface area contributed by atoms with Gasteiger partial charge >= 0.3 is 5.97 Å².